The molecule has 0 bridgehead atoms. The summed E-state index contributed by atoms with van der Waals surface area (Å²) in [6.45, 7) is 1.99. The molecule has 0 unspecified atom stereocenters. The lowest BCUT2D eigenvalue weighted by molar-refractivity contribution is 0.398. The number of para-hydroxylation sites is 3. The number of aromatic hydroxyl groups is 2. The van der Waals surface area contributed by atoms with Crippen molar-refractivity contribution < 1.29 is 10.2 Å². The molecule has 6 rings (SSSR count). The first kappa shape index (κ1) is 21.8. The van der Waals surface area contributed by atoms with Crippen LogP contribution in [0.4, 0.5) is 5.69 Å². The number of nitrogens with zero attached hydrogens (tertiary/aromatic N) is 3. The molecule has 1 atom stereocenters. The zero-order chi connectivity index (χ0) is 25.3. The molecule has 0 radical (unpaired) electrons. The van der Waals surface area contributed by atoms with Gasteiger partial charge in [0.25, 0.3) is 5.56 Å². The predicted octanol–water partition coefficient (Wildman–Crippen LogP) is 3.93. The molecule has 3 aromatic carbocycles. The molecule has 180 valence electrons. The van der Waals surface area contributed by atoms with E-state index in [1.54, 1.807) is 19.2 Å². The highest BCUT2D eigenvalue weighted by Gasteiger charge is 2.36. The van der Waals surface area contributed by atoms with Crippen molar-refractivity contribution in [3.8, 4) is 28.4 Å². The lowest BCUT2D eigenvalue weighted by atomic mass is 9.98. The number of hydrogen-bond acceptors (Lipinski definition) is 5. The maximum Gasteiger partial charge on any atom is 0.331 e. The Labute approximate surface area is 205 Å². The lowest BCUT2D eigenvalue weighted by Crippen LogP contribution is -2.37. The van der Waals surface area contributed by atoms with Crippen LogP contribution in [0.5, 0.6) is 11.5 Å². The van der Waals surface area contributed by atoms with Crippen LogP contribution in [0.3, 0.4) is 0 Å². The monoisotopic (exact) mass is 480 g/mol. The number of fused-ring (bicyclic) bond motifs is 5. The Bertz CT molecular complexity index is 1830. The maximum atomic E-state index is 13.7. The average molecular weight is 481 g/mol. The summed E-state index contributed by atoms with van der Waals surface area (Å²) in [5.74, 6) is -0.513. The van der Waals surface area contributed by atoms with Crippen LogP contribution < -0.4 is 16.6 Å². The van der Waals surface area contributed by atoms with Crippen LogP contribution in [-0.2, 0) is 14.1 Å². The number of aryl methyl sites for hydroxylation is 2. The van der Waals surface area contributed by atoms with Gasteiger partial charge in [-0.05, 0) is 30.7 Å². The molecule has 0 amide bonds. The first-order chi connectivity index (χ1) is 17.3. The number of hydrogen-bond donors (Lipinski definition) is 3. The summed E-state index contributed by atoms with van der Waals surface area (Å²) in [4.78, 5) is 26.8. The van der Waals surface area contributed by atoms with E-state index in [9.17, 15) is 19.8 Å². The third-order valence-electron chi connectivity index (χ3n) is 7.08. The molecule has 2 aromatic heterocycles. The van der Waals surface area contributed by atoms with Crippen LogP contribution in [0.15, 0.2) is 76.3 Å². The van der Waals surface area contributed by atoms with Crippen molar-refractivity contribution >= 4 is 16.6 Å². The fourth-order valence-electron chi connectivity index (χ4n) is 5.33. The fraction of sp³-hybridized carbons (Fsp3) is 0.143. The van der Waals surface area contributed by atoms with E-state index in [1.165, 1.54) is 17.7 Å². The second-order valence-electron chi connectivity index (χ2n) is 9.12. The van der Waals surface area contributed by atoms with Crippen LogP contribution in [0.1, 0.15) is 22.9 Å². The Morgan fingerprint density at radius 3 is 2.36 bits per heavy atom. The number of rotatable bonds is 2. The fourth-order valence-corrected chi connectivity index (χ4v) is 5.33. The molecule has 0 aliphatic carbocycles. The lowest BCUT2D eigenvalue weighted by Gasteiger charge is -2.31. The van der Waals surface area contributed by atoms with E-state index < -0.39 is 17.3 Å². The van der Waals surface area contributed by atoms with Gasteiger partial charge in [-0.1, -0.05) is 48.5 Å². The third kappa shape index (κ3) is 2.81. The molecule has 0 saturated carbocycles. The van der Waals surface area contributed by atoms with E-state index >= 15 is 0 Å². The standard InChI is InChI=1S/C28H24N4O4/c1-15-9-4-5-10-16(15)23-21-24(30(2)28(36)31(3)27(21)35)25-22(17-11-8-14-20(33)26(17)34)29-18-12-6-7-13-19(18)32(23)25/h4-14,22,29,33-34H,1-3H3/t22-/m1/s1. The Morgan fingerprint density at radius 1 is 0.861 bits per heavy atom. The Kier molecular flexibility index (Phi) is 4.63. The van der Waals surface area contributed by atoms with E-state index in [0.29, 0.717) is 27.9 Å². The highest BCUT2D eigenvalue weighted by Crippen LogP contribution is 2.48. The van der Waals surface area contributed by atoms with E-state index in [-0.39, 0.29) is 11.5 Å². The summed E-state index contributed by atoms with van der Waals surface area (Å²) in [5, 5.41) is 25.0. The van der Waals surface area contributed by atoms with Crippen LogP contribution in [0.2, 0.25) is 0 Å². The highest BCUT2D eigenvalue weighted by molar-refractivity contribution is 6.00. The first-order valence-corrected chi connectivity index (χ1v) is 11.6. The number of phenols is 2. The summed E-state index contributed by atoms with van der Waals surface area (Å²) in [6.07, 6.45) is 0. The van der Waals surface area contributed by atoms with Crippen LogP contribution >= 0.6 is 0 Å². The van der Waals surface area contributed by atoms with Gasteiger partial charge in [0.1, 0.15) is 0 Å². The Hall–Kier alpha value is -4.72. The molecule has 0 saturated heterocycles. The van der Waals surface area contributed by atoms with E-state index in [1.807, 2.05) is 60.0 Å². The minimum absolute atomic E-state index is 0.250. The zero-order valence-electron chi connectivity index (χ0n) is 20.0. The summed E-state index contributed by atoms with van der Waals surface area (Å²) in [5.41, 5.74) is 4.78. The second-order valence-corrected chi connectivity index (χ2v) is 9.12. The Morgan fingerprint density at radius 2 is 1.58 bits per heavy atom. The summed E-state index contributed by atoms with van der Waals surface area (Å²) in [7, 11) is 3.12. The number of phenolic OH excluding ortho intramolecular Hbond substituents is 2. The molecular weight excluding hydrogens is 456 g/mol. The van der Waals surface area contributed by atoms with Gasteiger partial charge in [-0.25, -0.2) is 4.79 Å². The van der Waals surface area contributed by atoms with Crippen molar-refractivity contribution in [1.82, 2.24) is 13.7 Å². The smallest absolute Gasteiger partial charge is 0.331 e. The molecule has 0 spiro atoms. The molecule has 3 heterocycles. The summed E-state index contributed by atoms with van der Waals surface area (Å²) < 4.78 is 4.61. The van der Waals surface area contributed by atoms with Crippen LogP contribution in [0.25, 0.3) is 27.8 Å². The van der Waals surface area contributed by atoms with Gasteiger partial charge in [0.05, 0.1) is 39.7 Å². The van der Waals surface area contributed by atoms with Gasteiger partial charge in [0.15, 0.2) is 11.5 Å². The maximum absolute atomic E-state index is 13.7. The Balaban J connectivity index is 1.90. The number of anilines is 1. The quantitative estimate of drug-likeness (QED) is 0.333. The highest BCUT2D eigenvalue weighted by atomic mass is 16.3. The summed E-state index contributed by atoms with van der Waals surface area (Å²) in [6, 6.07) is 19.6. The van der Waals surface area contributed by atoms with Crippen molar-refractivity contribution in [2.45, 2.75) is 13.0 Å². The molecule has 1 aliphatic rings. The van der Waals surface area contributed by atoms with Crippen molar-refractivity contribution in [3.63, 3.8) is 0 Å². The number of benzene rings is 3. The molecular formula is C28H24N4O4. The van der Waals surface area contributed by atoms with Crippen molar-refractivity contribution in [3.05, 3.63) is 104 Å². The van der Waals surface area contributed by atoms with Gasteiger partial charge < -0.3 is 20.1 Å². The van der Waals surface area contributed by atoms with E-state index in [0.717, 1.165) is 27.1 Å². The average Bonchev–Trinajstić information content (AvgIpc) is 3.24. The minimum Gasteiger partial charge on any atom is -0.504 e. The SMILES string of the molecule is Cc1ccccc1-c1c2c(=O)n(C)c(=O)n(C)c2c2n1-c1ccccc1N[C@@H]2c1cccc(O)c1O. The molecule has 3 N–H and O–H groups in total. The molecule has 8 nitrogen and oxygen atoms in total. The topological polar surface area (TPSA) is 101 Å². The summed E-state index contributed by atoms with van der Waals surface area (Å²) >= 11 is 0. The van der Waals surface area contributed by atoms with Gasteiger partial charge in [0.2, 0.25) is 0 Å². The third-order valence-corrected chi connectivity index (χ3v) is 7.08. The molecule has 8 heteroatoms. The number of nitrogens with one attached hydrogen (secondary N) is 1. The van der Waals surface area contributed by atoms with E-state index in [4.69, 9.17) is 0 Å². The molecule has 1 aliphatic heterocycles. The van der Waals surface area contributed by atoms with Gasteiger partial charge >= 0.3 is 5.69 Å². The van der Waals surface area contributed by atoms with Gasteiger partial charge in [-0.3, -0.25) is 13.9 Å². The van der Waals surface area contributed by atoms with Crippen molar-refractivity contribution in [2.24, 2.45) is 14.1 Å². The second kappa shape index (κ2) is 7.64. The molecule has 0 fully saturated rings. The van der Waals surface area contributed by atoms with Gasteiger partial charge in [-0.15, -0.1) is 0 Å². The normalized spacial score (nSPS) is 14.4. The largest absolute Gasteiger partial charge is 0.504 e. The number of aromatic nitrogens is 3. The van der Waals surface area contributed by atoms with E-state index in [2.05, 4.69) is 5.32 Å². The van der Waals surface area contributed by atoms with Crippen LogP contribution in [-0.4, -0.2) is 23.9 Å². The van der Waals surface area contributed by atoms with Crippen molar-refractivity contribution in [2.75, 3.05) is 5.32 Å². The zero-order valence-corrected chi connectivity index (χ0v) is 20.0. The van der Waals surface area contributed by atoms with Gasteiger partial charge in [0, 0.05) is 25.2 Å². The molecule has 5 aromatic rings. The van der Waals surface area contributed by atoms with Crippen molar-refractivity contribution in [1.29, 1.82) is 0 Å². The van der Waals surface area contributed by atoms with Crippen LogP contribution in [0, 0.1) is 6.92 Å². The first-order valence-electron chi connectivity index (χ1n) is 11.6. The predicted molar refractivity (Wildman–Crippen MR) is 139 cm³/mol. The molecule has 36 heavy (non-hydrogen) atoms. The minimum atomic E-state index is -0.662. The van der Waals surface area contributed by atoms with Gasteiger partial charge in [-0.2, -0.15) is 0 Å².